The molecular formula is C19H23N5O2. The Balaban J connectivity index is 1.37. The van der Waals surface area contributed by atoms with Crippen molar-refractivity contribution in [2.24, 2.45) is 5.92 Å². The number of carbonyl (C=O) groups excluding carboxylic acids is 2. The van der Waals surface area contributed by atoms with Gasteiger partial charge in [-0.2, -0.15) is 0 Å². The van der Waals surface area contributed by atoms with Crippen LogP contribution in [0.3, 0.4) is 0 Å². The van der Waals surface area contributed by atoms with Crippen LogP contribution in [0.1, 0.15) is 37.3 Å². The summed E-state index contributed by atoms with van der Waals surface area (Å²) in [7, 11) is 0. The maximum atomic E-state index is 12.6. The Morgan fingerprint density at radius 1 is 1.15 bits per heavy atom. The van der Waals surface area contributed by atoms with Crippen LogP contribution in [0.2, 0.25) is 0 Å². The average molecular weight is 353 g/mol. The minimum Gasteiger partial charge on any atom is -0.348 e. The highest BCUT2D eigenvalue weighted by Gasteiger charge is 2.35. The van der Waals surface area contributed by atoms with Crippen molar-refractivity contribution in [3.8, 4) is 0 Å². The second-order valence-corrected chi connectivity index (χ2v) is 6.95. The molecule has 7 heteroatoms. The summed E-state index contributed by atoms with van der Waals surface area (Å²) in [6.45, 7) is 1.70. The van der Waals surface area contributed by atoms with Gasteiger partial charge in [0.05, 0.1) is 12.5 Å². The van der Waals surface area contributed by atoms with E-state index in [0.717, 1.165) is 43.1 Å². The molecule has 0 aliphatic carbocycles. The van der Waals surface area contributed by atoms with Crippen molar-refractivity contribution in [2.75, 3.05) is 11.4 Å². The predicted molar refractivity (Wildman–Crippen MR) is 96.3 cm³/mol. The molecule has 1 atom stereocenters. The lowest BCUT2D eigenvalue weighted by Gasteiger charge is -2.16. The van der Waals surface area contributed by atoms with Gasteiger partial charge in [0.25, 0.3) is 0 Å². The summed E-state index contributed by atoms with van der Waals surface area (Å²) in [6, 6.07) is 9.49. The molecule has 0 spiro atoms. The molecular weight excluding hydrogens is 330 g/mol. The van der Waals surface area contributed by atoms with Gasteiger partial charge in [-0.3, -0.25) is 9.59 Å². The van der Waals surface area contributed by atoms with Crippen LogP contribution < -0.4 is 10.2 Å². The topological polar surface area (TPSA) is 80.1 Å². The van der Waals surface area contributed by atoms with E-state index < -0.39 is 0 Å². The molecule has 2 aliphatic heterocycles. The number of carbonyl (C=O) groups is 2. The summed E-state index contributed by atoms with van der Waals surface area (Å²) in [5.41, 5.74) is 0.843. The number of aryl methyl sites for hydroxylation is 1. The Bertz CT molecular complexity index is 802. The zero-order valence-corrected chi connectivity index (χ0v) is 14.7. The van der Waals surface area contributed by atoms with E-state index in [9.17, 15) is 9.59 Å². The highest BCUT2D eigenvalue weighted by Crippen LogP contribution is 2.25. The smallest absolute Gasteiger partial charge is 0.227 e. The lowest BCUT2D eigenvalue weighted by atomic mass is 10.1. The molecule has 1 saturated heterocycles. The van der Waals surface area contributed by atoms with Crippen molar-refractivity contribution in [3.63, 3.8) is 0 Å². The minimum absolute atomic E-state index is 0.00676. The number of nitrogens with one attached hydrogen (secondary N) is 1. The minimum atomic E-state index is -0.325. The first-order valence-electron chi connectivity index (χ1n) is 9.26. The molecule has 1 N–H and O–H groups in total. The molecule has 2 amide bonds. The summed E-state index contributed by atoms with van der Waals surface area (Å²) < 4.78 is 2.13. The first kappa shape index (κ1) is 16.8. The van der Waals surface area contributed by atoms with Crippen molar-refractivity contribution in [3.05, 3.63) is 42.0 Å². The SMILES string of the molecule is O=C(NCc1nnc2n1CCCCC2)C1CC(=O)N(c2ccccc2)C1. The van der Waals surface area contributed by atoms with Crippen molar-refractivity contribution in [1.29, 1.82) is 0 Å². The molecule has 7 nitrogen and oxygen atoms in total. The molecule has 0 bridgehead atoms. The van der Waals surface area contributed by atoms with E-state index in [1.165, 1.54) is 6.42 Å². The molecule has 1 aromatic heterocycles. The third-order valence-corrected chi connectivity index (χ3v) is 5.17. The number of anilines is 1. The molecule has 3 heterocycles. The molecule has 1 aromatic carbocycles. The standard InChI is InChI=1S/C19H23N5O2/c25-18-11-14(13-24(18)15-7-3-1-4-8-15)19(26)20-12-17-22-21-16-9-5-2-6-10-23(16)17/h1,3-4,7-8,14H,2,5-6,9-13H2,(H,20,26). The van der Waals surface area contributed by atoms with E-state index in [4.69, 9.17) is 0 Å². The van der Waals surface area contributed by atoms with Crippen LogP contribution in [-0.4, -0.2) is 33.1 Å². The first-order chi connectivity index (χ1) is 12.7. The highest BCUT2D eigenvalue weighted by atomic mass is 16.2. The number of hydrogen-bond acceptors (Lipinski definition) is 4. The zero-order valence-electron chi connectivity index (χ0n) is 14.7. The van der Waals surface area contributed by atoms with Crippen LogP contribution in [0, 0.1) is 5.92 Å². The Hall–Kier alpha value is -2.70. The Labute approximate surface area is 152 Å². The van der Waals surface area contributed by atoms with E-state index in [1.54, 1.807) is 4.90 Å². The monoisotopic (exact) mass is 353 g/mol. The van der Waals surface area contributed by atoms with E-state index in [0.29, 0.717) is 13.1 Å². The normalized spacial score (nSPS) is 19.9. The fraction of sp³-hybridized carbons (Fsp3) is 0.474. The van der Waals surface area contributed by atoms with Gasteiger partial charge in [-0.25, -0.2) is 0 Å². The number of amides is 2. The second-order valence-electron chi connectivity index (χ2n) is 6.95. The van der Waals surface area contributed by atoms with E-state index >= 15 is 0 Å². The molecule has 4 rings (SSSR count). The highest BCUT2D eigenvalue weighted by molar-refractivity contribution is 6.00. The van der Waals surface area contributed by atoms with Crippen LogP contribution in [0.5, 0.6) is 0 Å². The van der Waals surface area contributed by atoms with Gasteiger partial charge in [-0.1, -0.05) is 24.6 Å². The molecule has 136 valence electrons. The molecule has 2 aliphatic rings. The van der Waals surface area contributed by atoms with Crippen molar-refractivity contribution >= 4 is 17.5 Å². The Morgan fingerprint density at radius 2 is 2.00 bits per heavy atom. The third kappa shape index (κ3) is 3.34. The summed E-state index contributed by atoms with van der Waals surface area (Å²) >= 11 is 0. The van der Waals surface area contributed by atoms with Crippen LogP contribution in [0.4, 0.5) is 5.69 Å². The maximum Gasteiger partial charge on any atom is 0.227 e. The van der Waals surface area contributed by atoms with E-state index in [2.05, 4.69) is 20.1 Å². The summed E-state index contributed by atoms with van der Waals surface area (Å²) in [4.78, 5) is 26.5. The fourth-order valence-electron chi connectivity index (χ4n) is 3.73. The van der Waals surface area contributed by atoms with Crippen LogP contribution in [0.25, 0.3) is 0 Å². The summed E-state index contributed by atoms with van der Waals surface area (Å²) in [5.74, 6) is 1.39. The van der Waals surface area contributed by atoms with Gasteiger partial charge in [-0.05, 0) is 25.0 Å². The van der Waals surface area contributed by atoms with Crippen molar-refractivity contribution in [1.82, 2.24) is 20.1 Å². The number of hydrogen-bond donors (Lipinski definition) is 1. The second kappa shape index (κ2) is 7.27. The van der Waals surface area contributed by atoms with Crippen molar-refractivity contribution in [2.45, 2.75) is 45.2 Å². The summed E-state index contributed by atoms with van der Waals surface area (Å²) in [5, 5.41) is 11.4. The fourth-order valence-corrected chi connectivity index (χ4v) is 3.73. The zero-order chi connectivity index (χ0) is 17.9. The van der Waals surface area contributed by atoms with Crippen LogP contribution in [-0.2, 0) is 29.1 Å². The van der Waals surface area contributed by atoms with Crippen LogP contribution >= 0.6 is 0 Å². The number of para-hydroxylation sites is 1. The lowest BCUT2D eigenvalue weighted by Crippen LogP contribution is -2.33. The largest absolute Gasteiger partial charge is 0.348 e. The Kier molecular flexibility index (Phi) is 4.69. The molecule has 1 fully saturated rings. The van der Waals surface area contributed by atoms with Crippen LogP contribution in [0.15, 0.2) is 30.3 Å². The maximum absolute atomic E-state index is 12.6. The quantitative estimate of drug-likeness (QED) is 0.907. The van der Waals surface area contributed by atoms with E-state index in [-0.39, 0.29) is 24.2 Å². The molecule has 2 aromatic rings. The molecule has 0 radical (unpaired) electrons. The molecule has 0 saturated carbocycles. The molecule has 26 heavy (non-hydrogen) atoms. The lowest BCUT2D eigenvalue weighted by molar-refractivity contribution is -0.126. The molecule has 1 unspecified atom stereocenters. The average Bonchev–Trinajstić information content (AvgIpc) is 3.16. The number of nitrogens with zero attached hydrogens (tertiary/aromatic N) is 4. The number of rotatable bonds is 4. The van der Waals surface area contributed by atoms with Gasteiger partial charge in [0.2, 0.25) is 11.8 Å². The van der Waals surface area contributed by atoms with Gasteiger partial charge < -0.3 is 14.8 Å². The van der Waals surface area contributed by atoms with Crippen molar-refractivity contribution < 1.29 is 9.59 Å². The van der Waals surface area contributed by atoms with Gasteiger partial charge >= 0.3 is 0 Å². The third-order valence-electron chi connectivity index (χ3n) is 5.17. The summed E-state index contributed by atoms with van der Waals surface area (Å²) in [6.07, 6.45) is 4.66. The van der Waals surface area contributed by atoms with Gasteiger partial charge in [0.15, 0.2) is 5.82 Å². The Morgan fingerprint density at radius 3 is 2.85 bits per heavy atom. The van der Waals surface area contributed by atoms with Gasteiger partial charge in [0, 0.05) is 31.6 Å². The number of fused-ring (bicyclic) bond motifs is 1. The first-order valence-corrected chi connectivity index (χ1v) is 9.26. The number of benzene rings is 1. The van der Waals surface area contributed by atoms with Gasteiger partial charge in [-0.15, -0.1) is 10.2 Å². The van der Waals surface area contributed by atoms with Gasteiger partial charge in [0.1, 0.15) is 5.82 Å². The predicted octanol–water partition coefficient (Wildman–Crippen LogP) is 1.67. The van der Waals surface area contributed by atoms with E-state index in [1.807, 2.05) is 30.3 Å². The number of aromatic nitrogens is 3.